The average molecular weight is 266 g/mol. The monoisotopic (exact) mass is 266 g/mol. The van der Waals surface area contributed by atoms with Crippen LogP contribution in [0.2, 0.25) is 0 Å². The van der Waals surface area contributed by atoms with E-state index in [0.717, 1.165) is 17.2 Å². The normalized spacial score (nSPS) is 10.4. The van der Waals surface area contributed by atoms with E-state index < -0.39 is 0 Å². The van der Waals surface area contributed by atoms with Crippen molar-refractivity contribution in [3.05, 3.63) is 54.6 Å². The Hall–Kier alpha value is -2.89. The Bertz CT molecular complexity index is 703. The first-order valence-corrected chi connectivity index (χ1v) is 6.19. The molecule has 3 aromatic rings. The third kappa shape index (κ3) is 2.59. The second-order valence-corrected chi connectivity index (χ2v) is 4.36. The minimum atomic E-state index is 0.677. The molecule has 0 aliphatic heterocycles. The number of nitrogens with two attached hydrogens (primary N) is 1. The van der Waals surface area contributed by atoms with E-state index in [9.17, 15) is 0 Å². The molecule has 2 heterocycles. The number of anilines is 3. The minimum absolute atomic E-state index is 0.677. The molecule has 0 radical (unpaired) electrons. The summed E-state index contributed by atoms with van der Waals surface area (Å²) in [6, 6.07) is 11.2. The lowest BCUT2D eigenvalue weighted by Gasteiger charge is -2.08. The van der Waals surface area contributed by atoms with Gasteiger partial charge in [0, 0.05) is 29.8 Å². The molecule has 0 atom stereocenters. The largest absolute Gasteiger partial charge is 0.399 e. The molecule has 100 valence electrons. The maximum atomic E-state index is 5.67. The van der Waals surface area contributed by atoms with E-state index in [-0.39, 0.29) is 0 Å². The first-order chi connectivity index (χ1) is 9.70. The van der Waals surface area contributed by atoms with Crippen LogP contribution in [-0.2, 0) is 0 Å². The van der Waals surface area contributed by atoms with Gasteiger partial charge in [0.15, 0.2) is 5.82 Å². The molecule has 0 spiro atoms. The van der Waals surface area contributed by atoms with Gasteiger partial charge in [-0.1, -0.05) is 0 Å². The minimum Gasteiger partial charge on any atom is -0.399 e. The van der Waals surface area contributed by atoms with Crippen LogP contribution in [-0.4, -0.2) is 19.7 Å². The Balaban J connectivity index is 1.92. The molecule has 6 heteroatoms. The molecule has 2 aromatic heterocycles. The van der Waals surface area contributed by atoms with Crippen LogP contribution in [0.25, 0.3) is 5.82 Å². The summed E-state index contributed by atoms with van der Waals surface area (Å²) in [5.74, 6) is 2.11. The van der Waals surface area contributed by atoms with Gasteiger partial charge < -0.3 is 11.1 Å². The van der Waals surface area contributed by atoms with E-state index in [4.69, 9.17) is 5.73 Å². The van der Waals surface area contributed by atoms with Gasteiger partial charge in [-0.25, -0.2) is 14.6 Å². The van der Waals surface area contributed by atoms with Crippen molar-refractivity contribution < 1.29 is 0 Å². The highest BCUT2D eigenvalue weighted by Gasteiger charge is 2.04. The van der Waals surface area contributed by atoms with Crippen molar-refractivity contribution >= 4 is 17.2 Å². The Morgan fingerprint density at radius 3 is 2.65 bits per heavy atom. The van der Waals surface area contributed by atoms with Crippen LogP contribution >= 0.6 is 0 Å². The highest BCUT2D eigenvalue weighted by molar-refractivity contribution is 5.60. The predicted octanol–water partition coefficient (Wildman–Crippen LogP) is 2.30. The SMILES string of the molecule is Cc1nc(Nc2ccc(N)cc2)cc(-n2cccn2)n1. The number of hydrogen-bond acceptors (Lipinski definition) is 5. The molecule has 1 aromatic carbocycles. The van der Waals surface area contributed by atoms with E-state index in [2.05, 4.69) is 20.4 Å². The lowest BCUT2D eigenvalue weighted by atomic mass is 10.3. The molecule has 0 saturated carbocycles. The molecule has 6 nitrogen and oxygen atoms in total. The van der Waals surface area contributed by atoms with Crippen molar-refractivity contribution in [3.8, 4) is 5.82 Å². The number of nitrogens with one attached hydrogen (secondary N) is 1. The third-order valence-corrected chi connectivity index (χ3v) is 2.75. The molecule has 0 fully saturated rings. The first-order valence-electron chi connectivity index (χ1n) is 6.19. The molecule has 20 heavy (non-hydrogen) atoms. The number of rotatable bonds is 3. The highest BCUT2D eigenvalue weighted by atomic mass is 15.3. The van der Waals surface area contributed by atoms with Crippen molar-refractivity contribution in [1.29, 1.82) is 0 Å². The highest BCUT2D eigenvalue weighted by Crippen LogP contribution is 2.17. The lowest BCUT2D eigenvalue weighted by Crippen LogP contribution is -2.04. The summed E-state index contributed by atoms with van der Waals surface area (Å²) >= 11 is 0. The number of nitrogens with zero attached hydrogens (tertiary/aromatic N) is 4. The summed E-state index contributed by atoms with van der Waals surface area (Å²) in [4.78, 5) is 8.73. The van der Waals surface area contributed by atoms with E-state index in [1.165, 1.54) is 0 Å². The second-order valence-electron chi connectivity index (χ2n) is 4.36. The van der Waals surface area contributed by atoms with Crippen LogP contribution in [0.5, 0.6) is 0 Å². The van der Waals surface area contributed by atoms with E-state index in [1.807, 2.05) is 49.5 Å². The standard InChI is InChI=1S/C14H14N6/c1-10-17-13(19-12-5-3-11(15)4-6-12)9-14(18-10)20-8-2-7-16-20/h2-9H,15H2,1H3,(H,17,18,19). The fraction of sp³-hybridized carbons (Fsp3) is 0.0714. The van der Waals surface area contributed by atoms with Crippen LogP contribution < -0.4 is 11.1 Å². The summed E-state index contributed by atoms with van der Waals surface area (Å²) in [6.07, 6.45) is 3.55. The molecule has 3 N–H and O–H groups in total. The molecule has 0 saturated heterocycles. The van der Waals surface area contributed by atoms with Gasteiger partial charge in [-0.2, -0.15) is 5.10 Å². The van der Waals surface area contributed by atoms with Crippen molar-refractivity contribution in [2.24, 2.45) is 0 Å². The van der Waals surface area contributed by atoms with Crippen LogP contribution in [0.1, 0.15) is 5.82 Å². The van der Waals surface area contributed by atoms with Gasteiger partial charge >= 0.3 is 0 Å². The molecule has 0 aliphatic carbocycles. The summed E-state index contributed by atoms with van der Waals surface area (Å²) < 4.78 is 1.70. The number of hydrogen-bond donors (Lipinski definition) is 2. The lowest BCUT2D eigenvalue weighted by molar-refractivity contribution is 0.830. The smallest absolute Gasteiger partial charge is 0.159 e. The molecular formula is C14H14N6. The Labute approximate surface area is 116 Å². The van der Waals surface area contributed by atoms with Crippen molar-refractivity contribution in [1.82, 2.24) is 19.7 Å². The number of benzene rings is 1. The number of aryl methyl sites for hydroxylation is 1. The zero-order chi connectivity index (χ0) is 13.9. The maximum absolute atomic E-state index is 5.67. The van der Waals surface area contributed by atoms with Crippen molar-refractivity contribution in [2.45, 2.75) is 6.92 Å². The summed E-state index contributed by atoms with van der Waals surface area (Å²) in [5.41, 5.74) is 7.32. The molecular weight excluding hydrogens is 252 g/mol. The summed E-state index contributed by atoms with van der Waals surface area (Å²) in [7, 11) is 0. The van der Waals surface area contributed by atoms with Gasteiger partial charge in [0.05, 0.1) is 0 Å². The van der Waals surface area contributed by atoms with Crippen LogP contribution in [0.4, 0.5) is 17.2 Å². The fourth-order valence-electron chi connectivity index (χ4n) is 1.85. The summed E-state index contributed by atoms with van der Waals surface area (Å²) in [6.45, 7) is 1.85. The van der Waals surface area contributed by atoms with Gasteiger partial charge in [0.25, 0.3) is 0 Å². The molecule has 3 rings (SSSR count). The van der Waals surface area contributed by atoms with Crippen molar-refractivity contribution in [3.63, 3.8) is 0 Å². The van der Waals surface area contributed by atoms with Crippen LogP contribution in [0.3, 0.4) is 0 Å². The van der Waals surface area contributed by atoms with Gasteiger partial charge in [-0.15, -0.1) is 0 Å². The van der Waals surface area contributed by atoms with Crippen LogP contribution in [0.15, 0.2) is 48.8 Å². The van der Waals surface area contributed by atoms with Gasteiger partial charge in [0.2, 0.25) is 0 Å². The average Bonchev–Trinajstić information content (AvgIpc) is 2.95. The maximum Gasteiger partial charge on any atom is 0.159 e. The molecule has 0 unspecified atom stereocenters. The fourth-order valence-corrected chi connectivity index (χ4v) is 1.85. The van der Waals surface area contributed by atoms with E-state index in [0.29, 0.717) is 11.6 Å². The zero-order valence-electron chi connectivity index (χ0n) is 11.0. The van der Waals surface area contributed by atoms with Crippen LogP contribution in [0, 0.1) is 6.92 Å². The Kier molecular flexibility index (Phi) is 3.04. The summed E-state index contributed by atoms with van der Waals surface area (Å²) in [5, 5.41) is 7.40. The topological polar surface area (TPSA) is 81.6 Å². The molecule has 0 amide bonds. The quantitative estimate of drug-likeness (QED) is 0.711. The van der Waals surface area contributed by atoms with Gasteiger partial charge in [0.1, 0.15) is 11.6 Å². The molecule has 0 bridgehead atoms. The van der Waals surface area contributed by atoms with E-state index >= 15 is 0 Å². The number of aromatic nitrogens is 4. The van der Waals surface area contributed by atoms with Gasteiger partial charge in [-0.05, 0) is 37.3 Å². The zero-order valence-corrected chi connectivity index (χ0v) is 11.0. The molecule has 0 aliphatic rings. The van der Waals surface area contributed by atoms with E-state index in [1.54, 1.807) is 10.9 Å². The number of nitrogen functional groups attached to an aromatic ring is 1. The third-order valence-electron chi connectivity index (χ3n) is 2.75. The van der Waals surface area contributed by atoms with Gasteiger partial charge in [-0.3, -0.25) is 0 Å². The van der Waals surface area contributed by atoms with Crippen molar-refractivity contribution in [2.75, 3.05) is 11.1 Å². The Morgan fingerprint density at radius 1 is 1.15 bits per heavy atom. The Morgan fingerprint density at radius 2 is 1.95 bits per heavy atom. The first kappa shape index (κ1) is 12.2. The second kappa shape index (κ2) is 5.00. The predicted molar refractivity (Wildman–Crippen MR) is 78.0 cm³/mol.